The minimum atomic E-state index is -1.03. The van der Waals surface area contributed by atoms with E-state index in [4.69, 9.17) is 10.4 Å². The summed E-state index contributed by atoms with van der Waals surface area (Å²) in [6.07, 6.45) is -0.839. The summed E-state index contributed by atoms with van der Waals surface area (Å²) < 4.78 is 0. The van der Waals surface area contributed by atoms with Gasteiger partial charge in [-0.2, -0.15) is 5.26 Å². The molecule has 4 heteroatoms. The van der Waals surface area contributed by atoms with Crippen LogP contribution in [0.25, 0.3) is 0 Å². The van der Waals surface area contributed by atoms with Gasteiger partial charge in [-0.15, -0.1) is 0 Å². The molecule has 1 aromatic carbocycles. The van der Waals surface area contributed by atoms with E-state index in [0.29, 0.717) is 5.69 Å². The van der Waals surface area contributed by atoms with Crippen LogP contribution in [0.3, 0.4) is 0 Å². The molecule has 0 spiro atoms. The van der Waals surface area contributed by atoms with Gasteiger partial charge in [-0.25, -0.2) is 4.79 Å². The summed E-state index contributed by atoms with van der Waals surface area (Å²) in [7, 11) is 0. The van der Waals surface area contributed by atoms with E-state index in [-0.39, 0.29) is 13.0 Å². The van der Waals surface area contributed by atoms with Crippen LogP contribution in [0.2, 0.25) is 0 Å². The molecular formula is C11H12N2O2. The summed E-state index contributed by atoms with van der Waals surface area (Å²) in [5.74, 6) is 0. The molecule has 0 atom stereocenters. The predicted molar refractivity (Wildman–Crippen MR) is 56.8 cm³/mol. The number of nitrogens with zero attached hydrogens (tertiary/aromatic N) is 2. The highest BCUT2D eigenvalue weighted by Crippen LogP contribution is 2.15. The van der Waals surface area contributed by atoms with Crippen molar-refractivity contribution in [3.05, 3.63) is 29.8 Å². The maximum absolute atomic E-state index is 10.9. The number of carboxylic acid groups (broad SMARTS) is 1. The number of anilines is 1. The van der Waals surface area contributed by atoms with Gasteiger partial charge in [0.2, 0.25) is 0 Å². The van der Waals surface area contributed by atoms with Crippen LogP contribution in [0.5, 0.6) is 0 Å². The molecule has 0 fully saturated rings. The van der Waals surface area contributed by atoms with E-state index >= 15 is 0 Å². The van der Waals surface area contributed by atoms with Crippen molar-refractivity contribution < 1.29 is 9.90 Å². The molecule has 1 N–H and O–H groups in total. The van der Waals surface area contributed by atoms with Crippen LogP contribution in [-0.4, -0.2) is 17.7 Å². The highest BCUT2D eigenvalue weighted by molar-refractivity contribution is 5.85. The molecule has 0 radical (unpaired) electrons. The van der Waals surface area contributed by atoms with E-state index in [0.717, 1.165) is 5.56 Å². The molecule has 1 amide bonds. The molecule has 1 aromatic rings. The standard InChI is InChI=1S/C11H12N2O2/c1-9-3-5-10(6-4-9)13(11(14)15)8-2-7-12/h3-6H,2,8H2,1H3,(H,14,15). The average Bonchev–Trinajstić information content (AvgIpc) is 2.21. The van der Waals surface area contributed by atoms with Crippen molar-refractivity contribution in [2.45, 2.75) is 13.3 Å². The Morgan fingerprint density at radius 2 is 2.07 bits per heavy atom. The molecule has 78 valence electrons. The van der Waals surface area contributed by atoms with Gasteiger partial charge in [0.25, 0.3) is 0 Å². The predicted octanol–water partition coefficient (Wildman–Crippen LogP) is 2.39. The van der Waals surface area contributed by atoms with Gasteiger partial charge < -0.3 is 5.11 Å². The largest absolute Gasteiger partial charge is 0.465 e. The SMILES string of the molecule is Cc1ccc(N(CCC#N)C(=O)O)cc1. The van der Waals surface area contributed by atoms with Gasteiger partial charge in [0, 0.05) is 12.2 Å². The number of hydrogen-bond donors (Lipinski definition) is 1. The van der Waals surface area contributed by atoms with Crippen LogP contribution in [0.15, 0.2) is 24.3 Å². The van der Waals surface area contributed by atoms with Crippen LogP contribution in [0.1, 0.15) is 12.0 Å². The van der Waals surface area contributed by atoms with Crippen molar-refractivity contribution in [2.24, 2.45) is 0 Å². The van der Waals surface area contributed by atoms with Crippen molar-refractivity contribution in [1.29, 1.82) is 5.26 Å². The first-order valence-corrected chi connectivity index (χ1v) is 4.59. The topological polar surface area (TPSA) is 64.3 Å². The molecule has 0 bridgehead atoms. The minimum Gasteiger partial charge on any atom is -0.465 e. The Morgan fingerprint density at radius 3 is 2.53 bits per heavy atom. The van der Waals surface area contributed by atoms with Crippen molar-refractivity contribution in [1.82, 2.24) is 0 Å². The van der Waals surface area contributed by atoms with Crippen LogP contribution >= 0.6 is 0 Å². The summed E-state index contributed by atoms with van der Waals surface area (Å²) in [5.41, 5.74) is 1.67. The number of hydrogen-bond acceptors (Lipinski definition) is 2. The molecule has 0 saturated carbocycles. The average molecular weight is 204 g/mol. The van der Waals surface area contributed by atoms with E-state index in [1.807, 2.05) is 25.1 Å². The monoisotopic (exact) mass is 204 g/mol. The fourth-order valence-corrected chi connectivity index (χ4v) is 1.22. The van der Waals surface area contributed by atoms with E-state index in [9.17, 15) is 4.79 Å². The smallest absolute Gasteiger partial charge is 0.411 e. The number of nitriles is 1. The number of benzene rings is 1. The summed E-state index contributed by atoms with van der Waals surface area (Å²) in [6.45, 7) is 2.14. The maximum atomic E-state index is 10.9. The molecule has 15 heavy (non-hydrogen) atoms. The summed E-state index contributed by atoms with van der Waals surface area (Å²) in [4.78, 5) is 12.1. The Balaban J connectivity index is 2.85. The van der Waals surface area contributed by atoms with Gasteiger partial charge >= 0.3 is 6.09 Å². The van der Waals surface area contributed by atoms with E-state index in [1.54, 1.807) is 12.1 Å². The second-order valence-electron chi connectivity index (χ2n) is 3.18. The molecule has 1 rings (SSSR count). The molecular weight excluding hydrogens is 192 g/mol. The van der Waals surface area contributed by atoms with Crippen LogP contribution < -0.4 is 4.90 Å². The molecule has 0 aliphatic carbocycles. The van der Waals surface area contributed by atoms with Crippen LogP contribution in [-0.2, 0) is 0 Å². The first kappa shape index (κ1) is 11.1. The molecule has 0 aliphatic rings. The lowest BCUT2D eigenvalue weighted by molar-refractivity contribution is 0.202. The summed E-state index contributed by atoms with van der Waals surface area (Å²) in [6, 6.07) is 9.09. The number of rotatable bonds is 3. The molecule has 0 heterocycles. The third-order valence-electron chi connectivity index (χ3n) is 2.02. The van der Waals surface area contributed by atoms with Crippen molar-refractivity contribution in [3.8, 4) is 6.07 Å². The number of carbonyl (C=O) groups is 1. The molecule has 0 unspecified atom stereocenters. The first-order valence-electron chi connectivity index (χ1n) is 4.59. The van der Waals surface area contributed by atoms with Gasteiger partial charge in [0.1, 0.15) is 0 Å². The Labute approximate surface area is 88.4 Å². The first-order chi connectivity index (χ1) is 7.15. The number of amides is 1. The zero-order valence-electron chi connectivity index (χ0n) is 8.47. The second-order valence-corrected chi connectivity index (χ2v) is 3.18. The minimum absolute atomic E-state index is 0.195. The molecule has 4 nitrogen and oxygen atoms in total. The van der Waals surface area contributed by atoms with Gasteiger partial charge in [-0.05, 0) is 19.1 Å². The lowest BCUT2D eigenvalue weighted by Gasteiger charge is -2.17. The zero-order chi connectivity index (χ0) is 11.3. The molecule has 0 aliphatic heterocycles. The maximum Gasteiger partial charge on any atom is 0.411 e. The lowest BCUT2D eigenvalue weighted by atomic mass is 10.2. The molecule has 0 aromatic heterocycles. The summed E-state index contributed by atoms with van der Waals surface area (Å²) in [5, 5.41) is 17.4. The lowest BCUT2D eigenvalue weighted by Crippen LogP contribution is -2.29. The van der Waals surface area contributed by atoms with Gasteiger partial charge in [-0.3, -0.25) is 4.90 Å². The summed E-state index contributed by atoms with van der Waals surface area (Å²) >= 11 is 0. The van der Waals surface area contributed by atoms with Crippen molar-refractivity contribution >= 4 is 11.8 Å². The van der Waals surface area contributed by atoms with Crippen LogP contribution in [0, 0.1) is 18.3 Å². The van der Waals surface area contributed by atoms with Crippen molar-refractivity contribution in [3.63, 3.8) is 0 Å². The second kappa shape index (κ2) is 5.01. The van der Waals surface area contributed by atoms with Crippen molar-refractivity contribution in [2.75, 3.05) is 11.4 Å². The highest BCUT2D eigenvalue weighted by Gasteiger charge is 2.12. The van der Waals surface area contributed by atoms with Crippen LogP contribution in [0.4, 0.5) is 10.5 Å². The highest BCUT2D eigenvalue weighted by atomic mass is 16.4. The van der Waals surface area contributed by atoms with E-state index in [1.165, 1.54) is 4.90 Å². The Hall–Kier alpha value is -2.02. The fourth-order valence-electron chi connectivity index (χ4n) is 1.22. The van der Waals surface area contributed by atoms with Gasteiger partial charge in [0.05, 0.1) is 12.5 Å². The number of aryl methyl sites for hydroxylation is 1. The third-order valence-corrected chi connectivity index (χ3v) is 2.02. The third kappa shape index (κ3) is 2.99. The van der Waals surface area contributed by atoms with E-state index in [2.05, 4.69) is 0 Å². The van der Waals surface area contributed by atoms with Gasteiger partial charge in [0.15, 0.2) is 0 Å². The Morgan fingerprint density at radius 1 is 1.47 bits per heavy atom. The Bertz CT molecular complexity index is 379. The fraction of sp³-hybridized carbons (Fsp3) is 0.273. The normalized spacial score (nSPS) is 9.33. The van der Waals surface area contributed by atoms with Gasteiger partial charge in [-0.1, -0.05) is 17.7 Å². The quantitative estimate of drug-likeness (QED) is 0.822. The van der Waals surface area contributed by atoms with E-state index < -0.39 is 6.09 Å². The molecule has 0 saturated heterocycles. The Kier molecular flexibility index (Phi) is 3.69. The zero-order valence-corrected chi connectivity index (χ0v) is 8.47.